The summed E-state index contributed by atoms with van der Waals surface area (Å²) in [6.07, 6.45) is -0.0806. The molecule has 0 saturated carbocycles. The van der Waals surface area contributed by atoms with Crippen LogP contribution in [0, 0.1) is 5.92 Å². The summed E-state index contributed by atoms with van der Waals surface area (Å²) in [4.78, 5) is 36.5. The lowest BCUT2D eigenvalue weighted by molar-refractivity contribution is -0.142. The topological polar surface area (TPSA) is 105 Å². The van der Waals surface area contributed by atoms with Gasteiger partial charge in [-0.25, -0.2) is 9.59 Å². The molecule has 0 aliphatic heterocycles. The van der Waals surface area contributed by atoms with E-state index in [1.807, 2.05) is 50.2 Å². The molecule has 2 amide bonds. The summed E-state index contributed by atoms with van der Waals surface area (Å²) in [5, 5.41) is 14.3. The lowest BCUT2D eigenvalue weighted by Crippen LogP contribution is -2.52. The molecule has 0 saturated heterocycles. The summed E-state index contributed by atoms with van der Waals surface area (Å²) >= 11 is 0. The molecule has 1 unspecified atom stereocenters. The molecule has 170 valence electrons. The van der Waals surface area contributed by atoms with E-state index in [0.29, 0.717) is 6.42 Å². The van der Waals surface area contributed by atoms with E-state index in [1.165, 1.54) is 0 Å². The number of hydrogen-bond donors (Lipinski definition) is 3. The normalized spacial score (nSPS) is 14.2. The van der Waals surface area contributed by atoms with E-state index in [0.717, 1.165) is 22.3 Å². The van der Waals surface area contributed by atoms with E-state index in [2.05, 4.69) is 22.8 Å². The number of alkyl carbamates (subject to hydrolysis) is 1. The van der Waals surface area contributed by atoms with Gasteiger partial charge in [-0.1, -0.05) is 69.3 Å². The van der Waals surface area contributed by atoms with Crippen molar-refractivity contribution in [1.29, 1.82) is 0 Å². The van der Waals surface area contributed by atoms with Crippen molar-refractivity contribution in [1.82, 2.24) is 10.6 Å². The summed E-state index contributed by atoms with van der Waals surface area (Å²) in [5.74, 6) is -1.60. The van der Waals surface area contributed by atoms with Crippen LogP contribution < -0.4 is 10.6 Å². The predicted octanol–water partition coefficient (Wildman–Crippen LogP) is 3.92. The van der Waals surface area contributed by atoms with E-state index >= 15 is 0 Å². The largest absolute Gasteiger partial charge is 0.480 e. The molecule has 1 aliphatic rings. The predicted molar refractivity (Wildman–Crippen MR) is 121 cm³/mol. The molecular weight excluding hydrogens is 408 g/mol. The molecule has 3 rings (SSSR count). The van der Waals surface area contributed by atoms with Crippen LogP contribution in [0.3, 0.4) is 0 Å². The number of hydrogen-bond acceptors (Lipinski definition) is 4. The minimum Gasteiger partial charge on any atom is -0.480 e. The molecule has 0 radical (unpaired) electrons. The summed E-state index contributed by atoms with van der Waals surface area (Å²) in [5.41, 5.74) is 4.47. The minimum atomic E-state index is -1.11. The molecule has 2 aromatic rings. The van der Waals surface area contributed by atoms with Gasteiger partial charge in [-0.15, -0.1) is 0 Å². The third-order valence-corrected chi connectivity index (χ3v) is 5.68. The van der Waals surface area contributed by atoms with Gasteiger partial charge < -0.3 is 20.5 Å². The zero-order chi connectivity index (χ0) is 23.3. The highest BCUT2D eigenvalue weighted by atomic mass is 16.5. The monoisotopic (exact) mass is 438 g/mol. The first-order valence-corrected chi connectivity index (χ1v) is 11.0. The van der Waals surface area contributed by atoms with Gasteiger partial charge in [-0.3, -0.25) is 4.79 Å². The first-order chi connectivity index (χ1) is 15.3. The van der Waals surface area contributed by atoms with Crippen molar-refractivity contribution in [3.8, 4) is 11.1 Å². The highest BCUT2D eigenvalue weighted by Crippen LogP contribution is 2.44. The Bertz CT molecular complexity index is 942. The maximum absolute atomic E-state index is 12.6. The van der Waals surface area contributed by atoms with Crippen molar-refractivity contribution < 1.29 is 24.2 Å². The van der Waals surface area contributed by atoms with Crippen LogP contribution >= 0.6 is 0 Å². The van der Waals surface area contributed by atoms with Crippen LogP contribution in [-0.4, -0.2) is 41.8 Å². The number of aliphatic carboxylic acids is 1. The lowest BCUT2D eigenvalue weighted by atomic mass is 9.98. The third-order valence-electron chi connectivity index (χ3n) is 5.68. The van der Waals surface area contributed by atoms with Crippen molar-refractivity contribution in [2.24, 2.45) is 5.92 Å². The van der Waals surface area contributed by atoms with Gasteiger partial charge in [0.05, 0.1) is 0 Å². The number of amides is 2. The second kappa shape index (κ2) is 10.3. The molecule has 0 bridgehead atoms. The van der Waals surface area contributed by atoms with Gasteiger partial charge in [0.2, 0.25) is 5.91 Å². The van der Waals surface area contributed by atoms with Gasteiger partial charge in [0.25, 0.3) is 0 Å². The van der Waals surface area contributed by atoms with Gasteiger partial charge >= 0.3 is 12.1 Å². The molecule has 2 aromatic carbocycles. The number of ether oxygens (including phenoxy) is 1. The standard InChI is InChI=1S/C25H30N2O5/c1-4-21(24(29)30)26-23(28)22(13-15(2)3)27-25(31)32-14-20-18-11-7-5-9-16(18)17-10-6-8-12-19(17)20/h5-12,15,20-22H,4,13-14H2,1-3H3,(H,26,28)(H,27,31)(H,29,30)/t21?,22-/m1/s1. The molecule has 7 heteroatoms. The van der Waals surface area contributed by atoms with E-state index in [9.17, 15) is 19.5 Å². The Hall–Kier alpha value is -3.35. The van der Waals surface area contributed by atoms with Crippen LogP contribution in [-0.2, 0) is 14.3 Å². The van der Waals surface area contributed by atoms with Crippen molar-refractivity contribution >= 4 is 18.0 Å². The van der Waals surface area contributed by atoms with Crippen LogP contribution in [0.4, 0.5) is 4.79 Å². The summed E-state index contributed by atoms with van der Waals surface area (Å²) in [7, 11) is 0. The number of fused-ring (bicyclic) bond motifs is 3. The van der Waals surface area contributed by atoms with Gasteiger partial charge in [-0.05, 0) is 41.0 Å². The fourth-order valence-electron chi connectivity index (χ4n) is 4.10. The zero-order valence-electron chi connectivity index (χ0n) is 18.6. The first-order valence-electron chi connectivity index (χ1n) is 11.0. The Morgan fingerprint density at radius 2 is 1.50 bits per heavy atom. The molecule has 1 aliphatic carbocycles. The van der Waals surface area contributed by atoms with Crippen LogP contribution in [0.2, 0.25) is 0 Å². The Labute approximate surface area is 188 Å². The van der Waals surface area contributed by atoms with Gasteiger partial charge in [-0.2, -0.15) is 0 Å². The maximum Gasteiger partial charge on any atom is 0.407 e. The van der Waals surface area contributed by atoms with Gasteiger partial charge in [0, 0.05) is 5.92 Å². The summed E-state index contributed by atoms with van der Waals surface area (Å²) in [6, 6.07) is 14.2. The number of rotatable bonds is 9. The molecule has 0 fully saturated rings. The quantitative estimate of drug-likeness (QED) is 0.550. The molecule has 0 heterocycles. The van der Waals surface area contributed by atoms with Gasteiger partial charge in [0.15, 0.2) is 0 Å². The average molecular weight is 439 g/mol. The number of carbonyl (C=O) groups is 3. The fourth-order valence-corrected chi connectivity index (χ4v) is 4.10. The number of benzene rings is 2. The smallest absolute Gasteiger partial charge is 0.407 e. The number of carboxylic acid groups (broad SMARTS) is 1. The van der Waals surface area contributed by atoms with Gasteiger partial charge in [0.1, 0.15) is 18.7 Å². The summed E-state index contributed by atoms with van der Waals surface area (Å²) in [6.45, 7) is 5.67. The van der Waals surface area contributed by atoms with E-state index in [4.69, 9.17) is 4.74 Å². The zero-order valence-corrected chi connectivity index (χ0v) is 18.6. The van der Waals surface area contributed by atoms with E-state index < -0.39 is 30.1 Å². The Morgan fingerprint density at radius 1 is 0.938 bits per heavy atom. The third kappa shape index (κ3) is 5.28. The lowest BCUT2D eigenvalue weighted by Gasteiger charge is -2.22. The highest BCUT2D eigenvalue weighted by Gasteiger charge is 2.30. The van der Waals surface area contributed by atoms with Crippen molar-refractivity contribution in [3.05, 3.63) is 59.7 Å². The number of carbonyl (C=O) groups excluding carboxylic acids is 2. The van der Waals surface area contributed by atoms with Crippen molar-refractivity contribution in [2.75, 3.05) is 6.61 Å². The van der Waals surface area contributed by atoms with Crippen molar-refractivity contribution in [3.63, 3.8) is 0 Å². The van der Waals surface area contributed by atoms with Crippen LogP contribution in [0.1, 0.15) is 50.7 Å². The Morgan fingerprint density at radius 3 is 2.00 bits per heavy atom. The molecule has 2 atom stereocenters. The summed E-state index contributed by atoms with van der Waals surface area (Å²) < 4.78 is 5.53. The first kappa shape index (κ1) is 23.3. The molecule has 3 N–H and O–H groups in total. The maximum atomic E-state index is 12.6. The molecular formula is C25H30N2O5. The second-order valence-corrected chi connectivity index (χ2v) is 8.46. The minimum absolute atomic E-state index is 0.0815. The number of carboxylic acids is 1. The SMILES string of the molecule is CCC(NC(=O)[C@@H](CC(C)C)NC(=O)OCC1c2ccccc2-c2ccccc21)C(=O)O. The van der Waals surface area contributed by atoms with Crippen LogP contribution in [0.15, 0.2) is 48.5 Å². The van der Waals surface area contributed by atoms with Crippen molar-refractivity contribution in [2.45, 2.75) is 51.6 Å². The second-order valence-electron chi connectivity index (χ2n) is 8.46. The van der Waals surface area contributed by atoms with Crippen LogP contribution in [0.5, 0.6) is 0 Å². The molecule has 32 heavy (non-hydrogen) atoms. The average Bonchev–Trinajstić information content (AvgIpc) is 3.08. The van der Waals surface area contributed by atoms with E-state index in [-0.39, 0.29) is 24.9 Å². The van der Waals surface area contributed by atoms with E-state index in [1.54, 1.807) is 6.92 Å². The Balaban J connectivity index is 1.67. The fraction of sp³-hybridized carbons (Fsp3) is 0.400. The highest BCUT2D eigenvalue weighted by molar-refractivity contribution is 5.89. The number of nitrogens with one attached hydrogen (secondary N) is 2. The molecule has 7 nitrogen and oxygen atoms in total. The molecule has 0 aromatic heterocycles. The Kier molecular flexibility index (Phi) is 7.51. The van der Waals surface area contributed by atoms with Crippen LogP contribution in [0.25, 0.3) is 11.1 Å². The molecule has 0 spiro atoms.